The molecule has 136 valence electrons. The fourth-order valence-corrected chi connectivity index (χ4v) is 3.91. The van der Waals surface area contributed by atoms with Gasteiger partial charge in [0.1, 0.15) is 0 Å². The third-order valence-electron chi connectivity index (χ3n) is 4.60. The van der Waals surface area contributed by atoms with Crippen LogP contribution in [0.4, 0.5) is 0 Å². The Morgan fingerprint density at radius 3 is 2.38 bits per heavy atom. The van der Waals surface area contributed by atoms with Crippen molar-refractivity contribution in [2.45, 2.75) is 37.4 Å². The zero-order valence-corrected chi connectivity index (χ0v) is 15.4. The second-order valence-electron chi connectivity index (χ2n) is 6.75. The smallest absolute Gasteiger partial charge is 0.297 e. The van der Waals surface area contributed by atoms with Gasteiger partial charge in [-0.1, -0.05) is 48.0 Å². The van der Waals surface area contributed by atoms with Crippen LogP contribution in [0.2, 0.25) is 0 Å². The molecule has 0 saturated heterocycles. The van der Waals surface area contributed by atoms with Gasteiger partial charge in [-0.3, -0.25) is 4.18 Å². The van der Waals surface area contributed by atoms with Crippen molar-refractivity contribution in [1.82, 2.24) is 0 Å². The molecule has 0 N–H and O–H groups in total. The van der Waals surface area contributed by atoms with E-state index in [0.29, 0.717) is 19.4 Å². The van der Waals surface area contributed by atoms with Crippen LogP contribution < -0.4 is 0 Å². The van der Waals surface area contributed by atoms with Crippen molar-refractivity contribution < 1.29 is 17.3 Å². The first kappa shape index (κ1) is 18.6. The summed E-state index contributed by atoms with van der Waals surface area (Å²) in [5.41, 5.74) is 1.23. The molecule has 6 heteroatoms. The van der Waals surface area contributed by atoms with Crippen LogP contribution in [0.15, 0.2) is 59.5 Å². The van der Waals surface area contributed by atoms with Gasteiger partial charge >= 0.3 is 0 Å². The van der Waals surface area contributed by atoms with Crippen LogP contribution in [0, 0.1) is 23.7 Å². The topological polar surface area (TPSA) is 76.4 Å². The summed E-state index contributed by atoms with van der Waals surface area (Å²) in [5, 5.41) is 9.46. The number of ether oxygens (including phenoxy) is 1. The maximum absolute atomic E-state index is 12.3. The SMILES string of the molecule is Cc1ccc(S(=O)(=O)OCC2(C#N)CC(OCc3ccccc3)C2)cc1. The van der Waals surface area contributed by atoms with Crippen LogP contribution in [-0.2, 0) is 25.6 Å². The monoisotopic (exact) mass is 371 g/mol. The van der Waals surface area contributed by atoms with Crippen molar-refractivity contribution in [3.63, 3.8) is 0 Å². The van der Waals surface area contributed by atoms with Crippen LogP contribution in [0.3, 0.4) is 0 Å². The molecule has 1 fully saturated rings. The van der Waals surface area contributed by atoms with E-state index in [4.69, 9.17) is 8.92 Å². The van der Waals surface area contributed by atoms with E-state index in [0.717, 1.165) is 11.1 Å². The van der Waals surface area contributed by atoms with Gasteiger partial charge in [-0.25, -0.2) is 0 Å². The summed E-state index contributed by atoms with van der Waals surface area (Å²) < 4.78 is 35.5. The number of hydrogen-bond donors (Lipinski definition) is 0. The molecule has 26 heavy (non-hydrogen) atoms. The number of hydrogen-bond acceptors (Lipinski definition) is 5. The minimum Gasteiger partial charge on any atom is -0.373 e. The Hall–Kier alpha value is -2.20. The summed E-state index contributed by atoms with van der Waals surface area (Å²) in [6, 6.07) is 18.5. The van der Waals surface area contributed by atoms with Crippen molar-refractivity contribution in [1.29, 1.82) is 5.26 Å². The van der Waals surface area contributed by atoms with Gasteiger partial charge in [0.15, 0.2) is 0 Å². The maximum Gasteiger partial charge on any atom is 0.297 e. The molecule has 0 atom stereocenters. The fraction of sp³-hybridized carbons (Fsp3) is 0.350. The highest BCUT2D eigenvalue weighted by molar-refractivity contribution is 7.86. The normalized spacial score (nSPS) is 22.4. The van der Waals surface area contributed by atoms with Gasteiger partial charge in [-0.2, -0.15) is 13.7 Å². The minimum absolute atomic E-state index is 0.0551. The van der Waals surface area contributed by atoms with Gasteiger partial charge in [0, 0.05) is 0 Å². The van der Waals surface area contributed by atoms with Crippen molar-refractivity contribution in [3.8, 4) is 6.07 Å². The van der Waals surface area contributed by atoms with E-state index in [1.54, 1.807) is 12.1 Å². The van der Waals surface area contributed by atoms with Gasteiger partial charge < -0.3 is 4.74 Å². The summed E-state index contributed by atoms with van der Waals surface area (Å²) in [6.45, 7) is 2.21. The Balaban J connectivity index is 1.52. The first-order valence-electron chi connectivity index (χ1n) is 8.45. The predicted molar refractivity (Wildman–Crippen MR) is 96.6 cm³/mol. The Labute approximate surface area is 154 Å². The lowest BCUT2D eigenvalue weighted by atomic mass is 9.68. The Kier molecular flexibility index (Phi) is 5.42. The zero-order chi connectivity index (χ0) is 18.6. The molecule has 2 aromatic carbocycles. The summed E-state index contributed by atoms with van der Waals surface area (Å²) in [6.07, 6.45) is 0.889. The standard InChI is InChI=1S/C20H21NO4S/c1-16-7-9-19(10-8-16)26(22,23)25-15-20(14-21)11-18(12-20)24-13-17-5-3-2-4-6-17/h2-10,18H,11-13,15H2,1H3. The van der Waals surface area contributed by atoms with Crippen LogP contribution in [-0.4, -0.2) is 21.1 Å². The largest absolute Gasteiger partial charge is 0.373 e. The van der Waals surface area contributed by atoms with E-state index in [-0.39, 0.29) is 17.6 Å². The third-order valence-corrected chi connectivity index (χ3v) is 5.88. The van der Waals surface area contributed by atoms with E-state index in [2.05, 4.69) is 6.07 Å². The number of nitriles is 1. The Morgan fingerprint density at radius 2 is 1.77 bits per heavy atom. The summed E-state index contributed by atoms with van der Waals surface area (Å²) >= 11 is 0. The Bertz CT molecular complexity index is 880. The molecule has 1 aliphatic rings. The van der Waals surface area contributed by atoms with Crippen molar-refractivity contribution in [3.05, 3.63) is 65.7 Å². The van der Waals surface area contributed by atoms with E-state index in [9.17, 15) is 13.7 Å². The van der Waals surface area contributed by atoms with Crippen LogP contribution in [0.1, 0.15) is 24.0 Å². The molecule has 1 aliphatic carbocycles. The second kappa shape index (κ2) is 7.58. The molecule has 0 radical (unpaired) electrons. The average Bonchev–Trinajstić information content (AvgIpc) is 2.62. The predicted octanol–water partition coefficient (Wildman–Crippen LogP) is 3.59. The highest BCUT2D eigenvalue weighted by Crippen LogP contribution is 2.43. The van der Waals surface area contributed by atoms with Crippen LogP contribution >= 0.6 is 0 Å². The first-order valence-corrected chi connectivity index (χ1v) is 9.86. The molecule has 1 saturated carbocycles. The van der Waals surface area contributed by atoms with Crippen LogP contribution in [0.5, 0.6) is 0 Å². The van der Waals surface area contributed by atoms with Gasteiger partial charge in [0.25, 0.3) is 10.1 Å². The molecule has 2 aromatic rings. The number of rotatable bonds is 7. The molecule has 0 aromatic heterocycles. The molecule has 0 unspecified atom stereocenters. The zero-order valence-electron chi connectivity index (χ0n) is 14.6. The lowest BCUT2D eigenvalue weighted by molar-refractivity contribution is -0.0782. The molecule has 0 bridgehead atoms. The van der Waals surface area contributed by atoms with E-state index in [1.807, 2.05) is 37.3 Å². The van der Waals surface area contributed by atoms with Crippen molar-refractivity contribution in [2.24, 2.45) is 5.41 Å². The number of nitrogens with zero attached hydrogens (tertiary/aromatic N) is 1. The first-order chi connectivity index (χ1) is 12.4. The summed E-state index contributed by atoms with van der Waals surface area (Å²) in [4.78, 5) is 0.104. The molecule has 0 spiro atoms. The van der Waals surface area contributed by atoms with E-state index < -0.39 is 15.5 Å². The second-order valence-corrected chi connectivity index (χ2v) is 8.36. The molecule has 3 rings (SSSR count). The number of benzene rings is 2. The summed E-state index contributed by atoms with van der Waals surface area (Å²) in [7, 11) is -3.86. The molecule has 0 heterocycles. The van der Waals surface area contributed by atoms with Crippen LogP contribution in [0.25, 0.3) is 0 Å². The summed E-state index contributed by atoms with van der Waals surface area (Å²) in [5.74, 6) is 0. The lowest BCUT2D eigenvalue weighted by Crippen LogP contribution is -2.45. The molecule has 5 nitrogen and oxygen atoms in total. The van der Waals surface area contributed by atoms with Crippen molar-refractivity contribution in [2.75, 3.05) is 6.61 Å². The fourth-order valence-electron chi connectivity index (χ4n) is 2.92. The average molecular weight is 371 g/mol. The maximum atomic E-state index is 12.3. The third kappa shape index (κ3) is 4.31. The minimum atomic E-state index is -3.86. The molecular formula is C20H21NO4S. The molecule has 0 amide bonds. The highest BCUT2D eigenvalue weighted by atomic mass is 32.2. The Morgan fingerprint density at radius 1 is 1.12 bits per heavy atom. The van der Waals surface area contributed by atoms with Gasteiger partial charge in [0.05, 0.1) is 35.7 Å². The van der Waals surface area contributed by atoms with Gasteiger partial charge in [-0.05, 0) is 37.5 Å². The molecular weight excluding hydrogens is 350 g/mol. The van der Waals surface area contributed by atoms with Gasteiger partial charge in [0.2, 0.25) is 0 Å². The molecule has 0 aliphatic heterocycles. The van der Waals surface area contributed by atoms with E-state index >= 15 is 0 Å². The lowest BCUT2D eigenvalue weighted by Gasteiger charge is -2.41. The quantitative estimate of drug-likeness (QED) is 0.695. The van der Waals surface area contributed by atoms with E-state index in [1.165, 1.54) is 12.1 Å². The van der Waals surface area contributed by atoms with Crippen molar-refractivity contribution >= 4 is 10.1 Å². The number of aryl methyl sites for hydroxylation is 1. The van der Waals surface area contributed by atoms with Gasteiger partial charge in [-0.15, -0.1) is 0 Å². The highest BCUT2D eigenvalue weighted by Gasteiger charge is 2.46.